The summed E-state index contributed by atoms with van der Waals surface area (Å²) in [6.45, 7) is 4.94. The van der Waals surface area contributed by atoms with Gasteiger partial charge in [0.05, 0.1) is 6.10 Å². The SMILES string of the molecule is CC[C@H]1CCC2/C(=C/C=C3/CCC[C@H](O)C3)CCC[C@@]21C. The maximum absolute atomic E-state index is 9.81. The van der Waals surface area contributed by atoms with E-state index in [1.807, 2.05) is 0 Å². The molecule has 3 saturated carbocycles. The van der Waals surface area contributed by atoms with E-state index in [9.17, 15) is 5.11 Å². The zero-order chi connectivity index (χ0) is 14.9. The van der Waals surface area contributed by atoms with Crippen molar-refractivity contribution < 1.29 is 5.11 Å². The van der Waals surface area contributed by atoms with E-state index in [-0.39, 0.29) is 6.10 Å². The summed E-state index contributed by atoms with van der Waals surface area (Å²) in [6.07, 6.45) is 17.3. The lowest BCUT2D eigenvalue weighted by Gasteiger charge is -2.42. The van der Waals surface area contributed by atoms with E-state index in [4.69, 9.17) is 0 Å². The van der Waals surface area contributed by atoms with Crippen LogP contribution in [0.5, 0.6) is 0 Å². The van der Waals surface area contributed by atoms with Crippen LogP contribution in [0.25, 0.3) is 0 Å². The molecule has 3 fully saturated rings. The van der Waals surface area contributed by atoms with E-state index >= 15 is 0 Å². The molecule has 1 N–H and O–H groups in total. The smallest absolute Gasteiger partial charge is 0.0577 e. The van der Waals surface area contributed by atoms with Crippen molar-refractivity contribution in [3.63, 3.8) is 0 Å². The van der Waals surface area contributed by atoms with Crippen LogP contribution in [-0.2, 0) is 0 Å². The first-order valence-electron chi connectivity index (χ1n) is 9.20. The Bertz CT molecular complexity index is 433. The fraction of sp³-hybridized carbons (Fsp3) is 0.800. The summed E-state index contributed by atoms with van der Waals surface area (Å²) < 4.78 is 0. The van der Waals surface area contributed by atoms with Crippen molar-refractivity contribution in [1.29, 1.82) is 0 Å². The van der Waals surface area contributed by atoms with Crippen LogP contribution in [0.2, 0.25) is 0 Å². The monoisotopic (exact) mass is 288 g/mol. The maximum atomic E-state index is 9.81. The van der Waals surface area contributed by atoms with Crippen LogP contribution in [0.3, 0.4) is 0 Å². The average Bonchev–Trinajstić information content (AvgIpc) is 2.82. The third kappa shape index (κ3) is 2.99. The Labute approximate surface area is 130 Å². The highest BCUT2D eigenvalue weighted by Gasteiger charge is 2.48. The van der Waals surface area contributed by atoms with E-state index in [2.05, 4.69) is 26.0 Å². The fourth-order valence-corrected chi connectivity index (χ4v) is 5.46. The molecule has 21 heavy (non-hydrogen) atoms. The number of rotatable bonds is 2. The molecule has 1 unspecified atom stereocenters. The molecule has 0 aromatic rings. The number of hydrogen-bond acceptors (Lipinski definition) is 1. The molecule has 4 atom stereocenters. The molecule has 1 nitrogen and oxygen atoms in total. The quantitative estimate of drug-likeness (QED) is 0.721. The normalized spacial score (nSPS) is 44.2. The largest absolute Gasteiger partial charge is 0.393 e. The van der Waals surface area contributed by atoms with E-state index < -0.39 is 0 Å². The van der Waals surface area contributed by atoms with Gasteiger partial charge < -0.3 is 5.11 Å². The van der Waals surface area contributed by atoms with Gasteiger partial charge in [-0.2, -0.15) is 0 Å². The highest BCUT2D eigenvalue weighted by atomic mass is 16.3. The Hall–Kier alpha value is -0.560. The van der Waals surface area contributed by atoms with Crippen molar-refractivity contribution >= 4 is 0 Å². The highest BCUT2D eigenvalue weighted by Crippen LogP contribution is 2.58. The summed E-state index contributed by atoms with van der Waals surface area (Å²) in [6, 6.07) is 0. The molecule has 3 aliphatic carbocycles. The van der Waals surface area contributed by atoms with Gasteiger partial charge >= 0.3 is 0 Å². The van der Waals surface area contributed by atoms with Crippen molar-refractivity contribution in [3.05, 3.63) is 23.3 Å². The van der Waals surface area contributed by atoms with Crippen LogP contribution in [0.15, 0.2) is 23.3 Å². The molecule has 0 aliphatic heterocycles. The van der Waals surface area contributed by atoms with Gasteiger partial charge in [-0.1, -0.05) is 43.6 Å². The maximum Gasteiger partial charge on any atom is 0.0577 e. The first-order valence-corrected chi connectivity index (χ1v) is 9.20. The summed E-state index contributed by atoms with van der Waals surface area (Å²) in [7, 11) is 0. The first-order chi connectivity index (χ1) is 10.1. The van der Waals surface area contributed by atoms with Crippen molar-refractivity contribution in [1.82, 2.24) is 0 Å². The third-order valence-electron chi connectivity index (χ3n) is 6.72. The predicted octanol–water partition coefficient (Wildman–Crippen LogP) is 5.40. The molecule has 0 aromatic heterocycles. The van der Waals surface area contributed by atoms with E-state index in [0.717, 1.165) is 31.1 Å². The second-order valence-corrected chi connectivity index (χ2v) is 7.91. The second-order valence-electron chi connectivity index (χ2n) is 7.91. The molecule has 118 valence electrons. The summed E-state index contributed by atoms with van der Waals surface area (Å²) in [5.41, 5.74) is 3.76. The lowest BCUT2D eigenvalue weighted by molar-refractivity contribution is 0.133. The van der Waals surface area contributed by atoms with Gasteiger partial charge in [0.15, 0.2) is 0 Å². The highest BCUT2D eigenvalue weighted by molar-refractivity contribution is 5.25. The van der Waals surface area contributed by atoms with Gasteiger partial charge in [0.2, 0.25) is 0 Å². The van der Waals surface area contributed by atoms with Crippen molar-refractivity contribution in [2.24, 2.45) is 17.3 Å². The minimum Gasteiger partial charge on any atom is -0.393 e. The van der Waals surface area contributed by atoms with E-state index in [1.54, 1.807) is 5.57 Å². The molecular formula is C20H32O. The minimum absolute atomic E-state index is 0.0871. The fourth-order valence-electron chi connectivity index (χ4n) is 5.46. The topological polar surface area (TPSA) is 20.2 Å². The van der Waals surface area contributed by atoms with Gasteiger partial charge in [0.25, 0.3) is 0 Å². The molecule has 0 heterocycles. The molecule has 0 amide bonds. The van der Waals surface area contributed by atoms with Gasteiger partial charge in [-0.15, -0.1) is 0 Å². The van der Waals surface area contributed by atoms with E-state index in [0.29, 0.717) is 5.41 Å². The molecule has 1 heteroatoms. The van der Waals surface area contributed by atoms with Crippen LogP contribution in [0.4, 0.5) is 0 Å². The number of aliphatic hydroxyl groups excluding tert-OH is 1. The minimum atomic E-state index is -0.0871. The first kappa shape index (κ1) is 15.3. The number of fused-ring (bicyclic) bond motifs is 1. The van der Waals surface area contributed by atoms with Crippen LogP contribution >= 0.6 is 0 Å². The van der Waals surface area contributed by atoms with Gasteiger partial charge in [-0.25, -0.2) is 0 Å². The summed E-state index contributed by atoms with van der Waals surface area (Å²) in [5, 5.41) is 9.81. The van der Waals surface area contributed by atoms with Crippen LogP contribution in [0, 0.1) is 17.3 Å². The Balaban J connectivity index is 1.76. The summed E-state index contributed by atoms with van der Waals surface area (Å²) in [4.78, 5) is 0. The lowest BCUT2D eigenvalue weighted by Crippen LogP contribution is -2.32. The molecule has 3 aliphatic rings. The molecule has 0 saturated heterocycles. The lowest BCUT2D eigenvalue weighted by atomic mass is 9.63. The summed E-state index contributed by atoms with van der Waals surface area (Å²) in [5.74, 6) is 1.77. The van der Waals surface area contributed by atoms with Crippen LogP contribution in [0.1, 0.15) is 78.1 Å². The molecule has 0 spiro atoms. The van der Waals surface area contributed by atoms with Gasteiger partial charge in [-0.05, 0) is 75.0 Å². The van der Waals surface area contributed by atoms with Crippen molar-refractivity contribution in [2.75, 3.05) is 0 Å². The van der Waals surface area contributed by atoms with E-state index in [1.165, 1.54) is 50.5 Å². The molecule has 0 bridgehead atoms. The predicted molar refractivity (Wildman–Crippen MR) is 89.1 cm³/mol. The van der Waals surface area contributed by atoms with Gasteiger partial charge in [0, 0.05) is 0 Å². The third-order valence-corrected chi connectivity index (χ3v) is 6.72. The Morgan fingerprint density at radius 1 is 1.14 bits per heavy atom. The van der Waals surface area contributed by atoms with Gasteiger partial charge in [0.1, 0.15) is 0 Å². The van der Waals surface area contributed by atoms with Crippen LogP contribution < -0.4 is 0 Å². The zero-order valence-corrected chi connectivity index (χ0v) is 13.9. The molecule has 3 rings (SSSR count). The van der Waals surface area contributed by atoms with Crippen molar-refractivity contribution in [2.45, 2.75) is 84.2 Å². The Kier molecular flexibility index (Phi) is 4.59. The Morgan fingerprint density at radius 2 is 2.00 bits per heavy atom. The molecule has 0 radical (unpaired) electrons. The van der Waals surface area contributed by atoms with Crippen molar-refractivity contribution in [3.8, 4) is 0 Å². The Morgan fingerprint density at radius 3 is 2.76 bits per heavy atom. The van der Waals surface area contributed by atoms with Crippen LogP contribution in [-0.4, -0.2) is 11.2 Å². The van der Waals surface area contributed by atoms with Gasteiger partial charge in [-0.3, -0.25) is 0 Å². The number of hydrogen-bond donors (Lipinski definition) is 1. The molecule has 0 aromatic carbocycles. The average molecular weight is 288 g/mol. The summed E-state index contributed by atoms with van der Waals surface area (Å²) >= 11 is 0. The number of allylic oxidation sites excluding steroid dienone is 3. The number of aliphatic hydroxyl groups is 1. The molecular weight excluding hydrogens is 256 g/mol. The second kappa shape index (κ2) is 6.28. The standard InChI is InChI=1S/C20H32O/c1-3-17-11-12-19-16(7-5-13-20(17,19)2)10-9-15-6-4-8-18(21)14-15/h9-10,17-19,21H,3-8,11-14H2,1-2H3/b15-9-,16-10+/t17-,18-,19?,20+/m0/s1. The zero-order valence-electron chi connectivity index (χ0n) is 13.9.